The van der Waals surface area contributed by atoms with E-state index < -0.39 is 11.6 Å². The maximum atomic E-state index is 13.7. The van der Waals surface area contributed by atoms with Gasteiger partial charge in [0.25, 0.3) is 0 Å². The largest absolute Gasteiger partial charge is 0.396 e. The molecule has 1 unspecified atom stereocenters. The molecule has 0 aliphatic heterocycles. The van der Waals surface area contributed by atoms with Crippen molar-refractivity contribution in [2.75, 3.05) is 6.61 Å². The van der Waals surface area contributed by atoms with Crippen molar-refractivity contribution in [3.63, 3.8) is 0 Å². The normalized spacial score (nSPS) is 12.4. The minimum absolute atomic E-state index is 0.0778. The van der Waals surface area contributed by atoms with Crippen LogP contribution in [0.15, 0.2) is 30.5 Å². The molecule has 0 bridgehead atoms. The highest BCUT2D eigenvalue weighted by Crippen LogP contribution is 2.23. The van der Waals surface area contributed by atoms with Crippen LogP contribution in [0.1, 0.15) is 25.1 Å². The van der Waals surface area contributed by atoms with Crippen molar-refractivity contribution >= 4 is 0 Å². The van der Waals surface area contributed by atoms with Crippen molar-refractivity contribution in [2.24, 2.45) is 0 Å². The summed E-state index contributed by atoms with van der Waals surface area (Å²) in [6, 6.07) is 4.74. The van der Waals surface area contributed by atoms with Crippen LogP contribution in [0.3, 0.4) is 0 Å². The highest BCUT2D eigenvalue weighted by atomic mass is 19.1. The van der Waals surface area contributed by atoms with E-state index in [0.29, 0.717) is 17.9 Å². The number of aliphatic hydroxyl groups is 1. The summed E-state index contributed by atoms with van der Waals surface area (Å²) in [6.07, 6.45) is 2.16. The van der Waals surface area contributed by atoms with E-state index in [2.05, 4.69) is 9.97 Å². The van der Waals surface area contributed by atoms with E-state index in [1.807, 2.05) is 6.92 Å². The fraction of sp³-hybridized carbons (Fsp3) is 0.286. The Labute approximate surface area is 110 Å². The van der Waals surface area contributed by atoms with Gasteiger partial charge >= 0.3 is 0 Å². The van der Waals surface area contributed by atoms with Crippen LogP contribution in [-0.4, -0.2) is 21.7 Å². The molecule has 0 saturated heterocycles. The highest BCUT2D eigenvalue weighted by molar-refractivity contribution is 5.59. The van der Waals surface area contributed by atoms with Crippen LogP contribution in [0.4, 0.5) is 8.78 Å². The Bertz CT molecular complexity index is 571. The first-order chi connectivity index (χ1) is 9.15. The van der Waals surface area contributed by atoms with Crippen LogP contribution in [-0.2, 0) is 0 Å². The summed E-state index contributed by atoms with van der Waals surface area (Å²) in [5.74, 6) is -0.823. The van der Waals surface area contributed by atoms with Crippen molar-refractivity contribution < 1.29 is 13.9 Å². The van der Waals surface area contributed by atoms with E-state index in [1.54, 1.807) is 0 Å². The maximum absolute atomic E-state index is 13.7. The topological polar surface area (TPSA) is 46.0 Å². The molecule has 100 valence electrons. The first kappa shape index (κ1) is 13.5. The summed E-state index contributed by atoms with van der Waals surface area (Å²) in [7, 11) is 0. The van der Waals surface area contributed by atoms with Crippen molar-refractivity contribution in [2.45, 2.75) is 19.3 Å². The zero-order valence-corrected chi connectivity index (χ0v) is 10.5. The number of halogens is 2. The number of benzene rings is 1. The molecule has 1 N–H and O–H groups in total. The van der Waals surface area contributed by atoms with Gasteiger partial charge in [-0.1, -0.05) is 6.92 Å². The summed E-state index contributed by atoms with van der Waals surface area (Å²) in [5, 5.41) is 9.23. The first-order valence-electron chi connectivity index (χ1n) is 6.05. The van der Waals surface area contributed by atoms with Gasteiger partial charge < -0.3 is 5.11 Å². The minimum Gasteiger partial charge on any atom is -0.396 e. The molecule has 0 aliphatic carbocycles. The van der Waals surface area contributed by atoms with Gasteiger partial charge in [-0.25, -0.2) is 18.7 Å². The van der Waals surface area contributed by atoms with Crippen LogP contribution >= 0.6 is 0 Å². The molecule has 2 aromatic rings. The highest BCUT2D eigenvalue weighted by Gasteiger charge is 2.14. The van der Waals surface area contributed by atoms with Crippen LogP contribution in [0.25, 0.3) is 11.3 Å². The van der Waals surface area contributed by atoms with Crippen LogP contribution in [0.2, 0.25) is 0 Å². The molecular weight excluding hydrogens is 250 g/mol. The Morgan fingerprint density at radius 3 is 2.74 bits per heavy atom. The third-order valence-corrected chi connectivity index (χ3v) is 2.96. The first-order valence-corrected chi connectivity index (χ1v) is 6.05. The lowest BCUT2D eigenvalue weighted by Crippen LogP contribution is -2.08. The predicted molar refractivity (Wildman–Crippen MR) is 67.5 cm³/mol. The van der Waals surface area contributed by atoms with E-state index >= 15 is 0 Å². The molecule has 1 heterocycles. The monoisotopic (exact) mass is 264 g/mol. The molecule has 0 radical (unpaired) electrons. The van der Waals surface area contributed by atoms with Gasteiger partial charge in [0.05, 0.1) is 12.3 Å². The standard InChI is InChI=1S/C14H14F2N2O/c1-2-9(8-19)14-17-6-5-13(18-14)11-7-10(15)3-4-12(11)16/h3-7,9,19H,2,8H2,1H3. The number of hydrogen-bond acceptors (Lipinski definition) is 3. The van der Waals surface area contributed by atoms with Gasteiger partial charge in [0.2, 0.25) is 0 Å². The molecule has 0 amide bonds. The molecule has 5 heteroatoms. The van der Waals surface area contributed by atoms with Crippen molar-refractivity contribution in [1.29, 1.82) is 0 Å². The van der Waals surface area contributed by atoms with E-state index in [1.165, 1.54) is 12.3 Å². The number of hydrogen-bond donors (Lipinski definition) is 1. The molecule has 2 rings (SSSR count). The number of rotatable bonds is 4. The number of nitrogens with zero attached hydrogens (tertiary/aromatic N) is 2. The summed E-state index contributed by atoms with van der Waals surface area (Å²) >= 11 is 0. The van der Waals surface area contributed by atoms with Crippen molar-refractivity contribution in [3.8, 4) is 11.3 Å². The fourth-order valence-electron chi connectivity index (χ4n) is 1.81. The Morgan fingerprint density at radius 2 is 2.05 bits per heavy atom. The molecule has 0 spiro atoms. The van der Waals surface area contributed by atoms with Crippen LogP contribution < -0.4 is 0 Å². The number of aliphatic hydroxyl groups excluding tert-OH is 1. The molecule has 0 fully saturated rings. The third kappa shape index (κ3) is 2.93. The van der Waals surface area contributed by atoms with Gasteiger partial charge in [-0.2, -0.15) is 0 Å². The van der Waals surface area contributed by atoms with Gasteiger partial charge in [0.1, 0.15) is 17.5 Å². The van der Waals surface area contributed by atoms with Gasteiger partial charge in [0.15, 0.2) is 0 Å². The summed E-state index contributed by atoms with van der Waals surface area (Å²) in [4.78, 5) is 8.28. The van der Waals surface area contributed by atoms with Gasteiger partial charge in [-0.3, -0.25) is 0 Å². The second-order valence-electron chi connectivity index (χ2n) is 4.21. The second kappa shape index (κ2) is 5.84. The van der Waals surface area contributed by atoms with E-state index in [9.17, 15) is 13.9 Å². The zero-order chi connectivity index (χ0) is 13.8. The predicted octanol–water partition coefficient (Wildman–Crippen LogP) is 2.91. The Kier molecular flexibility index (Phi) is 4.16. The minimum atomic E-state index is -0.539. The summed E-state index contributed by atoms with van der Waals surface area (Å²) < 4.78 is 26.8. The molecule has 0 aliphatic rings. The maximum Gasteiger partial charge on any atom is 0.134 e. The Hall–Kier alpha value is -1.88. The summed E-state index contributed by atoms with van der Waals surface area (Å²) in [6.45, 7) is 1.82. The smallest absolute Gasteiger partial charge is 0.134 e. The van der Waals surface area contributed by atoms with E-state index in [4.69, 9.17) is 0 Å². The lowest BCUT2D eigenvalue weighted by Gasteiger charge is -2.11. The average Bonchev–Trinajstić information content (AvgIpc) is 2.43. The van der Waals surface area contributed by atoms with Crippen molar-refractivity contribution in [1.82, 2.24) is 9.97 Å². The molecule has 1 atom stereocenters. The fourth-order valence-corrected chi connectivity index (χ4v) is 1.81. The SMILES string of the molecule is CCC(CO)c1nccc(-c2cc(F)ccc2F)n1. The molecule has 1 aromatic heterocycles. The van der Waals surface area contributed by atoms with Crippen LogP contribution in [0, 0.1) is 11.6 Å². The van der Waals surface area contributed by atoms with Gasteiger partial charge in [-0.15, -0.1) is 0 Å². The third-order valence-electron chi connectivity index (χ3n) is 2.96. The zero-order valence-electron chi connectivity index (χ0n) is 10.5. The lowest BCUT2D eigenvalue weighted by molar-refractivity contribution is 0.257. The van der Waals surface area contributed by atoms with Crippen molar-refractivity contribution in [3.05, 3.63) is 47.9 Å². The molecule has 19 heavy (non-hydrogen) atoms. The van der Waals surface area contributed by atoms with Gasteiger partial charge in [-0.05, 0) is 30.7 Å². The Morgan fingerprint density at radius 1 is 1.26 bits per heavy atom. The summed E-state index contributed by atoms with van der Waals surface area (Å²) in [5.41, 5.74) is 0.408. The quantitative estimate of drug-likeness (QED) is 0.923. The van der Waals surface area contributed by atoms with E-state index in [0.717, 1.165) is 18.2 Å². The molecule has 0 saturated carbocycles. The molecule has 3 nitrogen and oxygen atoms in total. The van der Waals surface area contributed by atoms with E-state index in [-0.39, 0.29) is 18.1 Å². The average molecular weight is 264 g/mol. The van der Waals surface area contributed by atoms with Gasteiger partial charge in [0, 0.05) is 17.7 Å². The lowest BCUT2D eigenvalue weighted by atomic mass is 10.1. The number of aromatic nitrogens is 2. The molecule has 1 aromatic carbocycles. The second-order valence-corrected chi connectivity index (χ2v) is 4.21. The molecular formula is C14H14F2N2O. The Balaban J connectivity index is 2.45. The van der Waals surface area contributed by atoms with Crippen LogP contribution in [0.5, 0.6) is 0 Å².